The number of hydrogen-bond donors (Lipinski definition) is 1. The second-order valence-corrected chi connectivity index (χ2v) is 7.53. The predicted octanol–water partition coefficient (Wildman–Crippen LogP) is 3.37. The molecule has 132 valence electrons. The fourth-order valence-corrected chi connectivity index (χ4v) is 3.77. The zero-order valence-corrected chi connectivity index (χ0v) is 14.5. The summed E-state index contributed by atoms with van der Waals surface area (Å²) in [6, 6.07) is 1.74. The van der Waals surface area contributed by atoms with Gasteiger partial charge < -0.3 is 10.5 Å². The van der Waals surface area contributed by atoms with Crippen LogP contribution in [0.3, 0.4) is 0 Å². The average molecular weight is 404 g/mol. The molecule has 0 fully saturated rings. The van der Waals surface area contributed by atoms with E-state index in [1.807, 2.05) is 0 Å². The van der Waals surface area contributed by atoms with Gasteiger partial charge in [0.25, 0.3) is 0 Å². The second-order valence-electron chi connectivity index (χ2n) is 4.77. The molecule has 6 nitrogen and oxygen atoms in total. The number of ether oxygens (including phenoxy) is 1. The number of benzene rings is 1. The average Bonchev–Trinajstić information content (AvgIpc) is 2.60. The second kappa shape index (κ2) is 6.01. The maximum Gasteiger partial charge on any atom is 0.573 e. The maximum absolute atomic E-state index is 12.3. The van der Waals surface area contributed by atoms with E-state index in [0.29, 0.717) is 0 Å². The first-order chi connectivity index (χ1) is 10.8. The Balaban J connectivity index is 2.63. The molecule has 1 aromatic carbocycles. The molecule has 12 heteroatoms. The highest BCUT2D eigenvalue weighted by atomic mass is 35.5. The molecule has 2 aromatic rings. The highest BCUT2D eigenvalue weighted by Crippen LogP contribution is 2.37. The molecule has 0 bridgehead atoms. The fourth-order valence-electron chi connectivity index (χ4n) is 2.10. The predicted molar refractivity (Wildman–Crippen MR) is 82.5 cm³/mol. The number of nitrogens with zero attached hydrogens (tertiary/aromatic N) is 2. The molecule has 0 aliphatic heterocycles. The largest absolute Gasteiger partial charge is 0.573 e. The number of aryl methyl sites for hydroxylation is 1. The lowest BCUT2D eigenvalue weighted by Crippen LogP contribution is -2.17. The fraction of sp³-hybridized carbons (Fsp3) is 0.250. The van der Waals surface area contributed by atoms with Crippen LogP contribution in [0.15, 0.2) is 17.0 Å². The van der Waals surface area contributed by atoms with Gasteiger partial charge in [0.15, 0.2) is 9.84 Å². The number of nitrogen functional groups attached to an aromatic ring is 1. The molecular weight excluding hydrogens is 394 g/mol. The van der Waals surface area contributed by atoms with Crippen molar-refractivity contribution in [2.45, 2.75) is 18.2 Å². The van der Waals surface area contributed by atoms with E-state index in [0.717, 1.165) is 23.1 Å². The van der Waals surface area contributed by atoms with Gasteiger partial charge in [0.05, 0.1) is 15.7 Å². The zero-order valence-electron chi connectivity index (χ0n) is 12.1. The molecule has 2 N–H and O–H groups in total. The van der Waals surface area contributed by atoms with Crippen LogP contribution in [-0.2, 0) is 9.84 Å². The third-order valence-electron chi connectivity index (χ3n) is 2.85. The zero-order chi connectivity index (χ0) is 18.4. The van der Waals surface area contributed by atoms with Gasteiger partial charge in [0, 0.05) is 18.4 Å². The molecule has 2 rings (SSSR count). The summed E-state index contributed by atoms with van der Waals surface area (Å²) in [7, 11) is -3.68. The molecule has 1 heterocycles. The van der Waals surface area contributed by atoms with E-state index in [-0.39, 0.29) is 32.1 Å². The lowest BCUT2D eigenvalue weighted by molar-refractivity contribution is -0.274. The van der Waals surface area contributed by atoms with Crippen molar-refractivity contribution in [3.8, 4) is 11.4 Å². The highest BCUT2D eigenvalue weighted by Gasteiger charge is 2.32. The van der Waals surface area contributed by atoms with Gasteiger partial charge >= 0.3 is 6.36 Å². The van der Waals surface area contributed by atoms with E-state index in [2.05, 4.69) is 9.84 Å². The highest BCUT2D eigenvalue weighted by molar-refractivity contribution is 7.91. The Morgan fingerprint density at radius 1 is 1.25 bits per heavy atom. The number of alkyl halides is 3. The molecule has 0 amide bonds. The summed E-state index contributed by atoms with van der Waals surface area (Å²) in [5.41, 5.74) is 5.82. The van der Waals surface area contributed by atoms with Gasteiger partial charge in [-0.2, -0.15) is 5.10 Å². The van der Waals surface area contributed by atoms with E-state index in [1.54, 1.807) is 0 Å². The Kier molecular flexibility index (Phi) is 4.68. The quantitative estimate of drug-likeness (QED) is 0.848. The Hall–Kier alpha value is -1.65. The van der Waals surface area contributed by atoms with Gasteiger partial charge in [-0.1, -0.05) is 23.2 Å². The van der Waals surface area contributed by atoms with Crippen molar-refractivity contribution in [1.29, 1.82) is 0 Å². The van der Waals surface area contributed by atoms with Crippen molar-refractivity contribution in [3.63, 3.8) is 0 Å². The van der Waals surface area contributed by atoms with Crippen LogP contribution in [0.2, 0.25) is 10.0 Å². The van der Waals surface area contributed by atoms with Crippen LogP contribution in [0.25, 0.3) is 5.69 Å². The number of sulfone groups is 1. The first kappa shape index (κ1) is 18.7. The third-order valence-corrected chi connectivity index (χ3v) is 4.67. The van der Waals surface area contributed by atoms with Crippen LogP contribution in [0, 0.1) is 6.92 Å². The Morgan fingerprint density at radius 2 is 1.75 bits per heavy atom. The summed E-state index contributed by atoms with van der Waals surface area (Å²) >= 11 is 11.9. The smallest absolute Gasteiger partial charge is 0.406 e. The summed E-state index contributed by atoms with van der Waals surface area (Å²) in [4.78, 5) is -0.217. The van der Waals surface area contributed by atoms with Crippen molar-refractivity contribution in [2.75, 3.05) is 12.0 Å². The molecule has 0 saturated carbocycles. The van der Waals surface area contributed by atoms with Crippen LogP contribution >= 0.6 is 23.2 Å². The first-order valence-corrected chi connectivity index (χ1v) is 8.76. The van der Waals surface area contributed by atoms with E-state index in [4.69, 9.17) is 28.9 Å². The standard InChI is InChI=1S/C12H10Cl2F3N3O3S/c1-5-10(24(2,21)22)11(18)20(19-5)9-7(13)3-6(4-8(9)14)23-12(15,16)17/h3-4H,18H2,1-2H3. The van der Waals surface area contributed by atoms with Crippen LogP contribution in [0.1, 0.15) is 5.69 Å². The number of aromatic nitrogens is 2. The van der Waals surface area contributed by atoms with Crippen molar-refractivity contribution in [2.24, 2.45) is 0 Å². The molecule has 0 spiro atoms. The van der Waals surface area contributed by atoms with Gasteiger partial charge in [0.2, 0.25) is 0 Å². The van der Waals surface area contributed by atoms with Crippen molar-refractivity contribution >= 4 is 38.9 Å². The minimum atomic E-state index is -4.92. The van der Waals surface area contributed by atoms with E-state index in [1.165, 1.54) is 6.92 Å². The van der Waals surface area contributed by atoms with Gasteiger partial charge in [-0.05, 0) is 6.92 Å². The summed E-state index contributed by atoms with van der Waals surface area (Å²) in [5, 5.41) is 3.45. The van der Waals surface area contributed by atoms with Crippen molar-refractivity contribution in [1.82, 2.24) is 9.78 Å². The number of anilines is 1. The van der Waals surface area contributed by atoms with E-state index in [9.17, 15) is 21.6 Å². The summed E-state index contributed by atoms with van der Waals surface area (Å²) in [6.45, 7) is 1.41. The molecule has 0 aliphatic rings. The summed E-state index contributed by atoms with van der Waals surface area (Å²) < 4.78 is 65.0. The van der Waals surface area contributed by atoms with Gasteiger partial charge in [0.1, 0.15) is 22.2 Å². The van der Waals surface area contributed by atoms with Crippen LogP contribution < -0.4 is 10.5 Å². The van der Waals surface area contributed by atoms with Crippen LogP contribution in [0.4, 0.5) is 19.0 Å². The monoisotopic (exact) mass is 403 g/mol. The van der Waals surface area contributed by atoms with Gasteiger partial charge in [-0.3, -0.25) is 0 Å². The number of rotatable bonds is 3. The van der Waals surface area contributed by atoms with Gasteiger partial charge in [-0.15, -0.1) is 13.2 Å². The topological polar surface area (TPSA) is 87.2 Å². The lowest BCUT2D eigenvalue weighted by Gasteiger charge is -2.13. The molecule has 0 unspecified atom stereocenters. The summed E-state index contributed by atoms with van der Waals surface area (Å²) in [5.74, 6) is -0.893. The number of nitrogens with two attached hydrogens (primary N) is 1. The lowest BCUT2D eigenvalue weighted by atomic mass is 10.3. The molecule has 0 saturated heterocycles. The normalized spacial score (nSPS) is 12.5. The molecule has 0 radical (unpaired) electrons. The van der Waals surface area contributed by atoms with Crippen LogP contribution in [0.5, 0.6) is 5.75 Å². The molecule has 1 aromatic heterocycles. The summed E-state index contributed by atoms with van der Waals surface area (Å²) in [6.07, 6.45) is -3.97. The van der Waals surface area contributed by atoms with Crippen molar-refractivity contribution in [3.05, 3.63) is 27.9 Å². The SMILES string of the molecule is Cc1nn(-c2c(Cl)cc(OC(F)(F)F)cc2Cl)c(N)c1S(C)(=O)=O. The van der Waals surface area contributed by atoms with Crippen molar-refractivity contribution < 1.29 is 26.3 Å². The number of hydrogen-bond acceptors (Lipinski definition) is 5. The first-order valence-electron chi connectivity index (χ1n) is 6.11. The number of halogens is 5. The Morgan fingerprint density at radius 3 is 2.12 bits per heavy atom. The van der Waals surface area contributed by atoms with E-state index < -0.39 is 21.9 Å². The van der Waals surface area contributed by atoms with Gasteiger partial charge in [-0.25, -0.2) is 13.1 Å². The Labute approximate surface area is 144 Å². The molecular formula is C12H10Cl2F3N3O3S. The minimum Gasteiger partial charge on any atom is -0.406 e. The molecule has 0 atom stereocenters. The molecule has 0 aliphatic carbocycles. The molecule has 24 heavy (non-hydrogen) atoms. The third kappa shape index (κ3) is 3.70. The maximum atomic E-state index is 12.3. The van der Waals surface area contributed by atoms with Crippen LogP contribution in [-0.4, -0.2) is 30.8 Å². The minimum absolute atomic E-state index is 0.0663. The van der Waals surface area contributed by atoms with E-state index >= 15 is 0 Å². The Bertz CT molecular complexity index is 887.